The van der Waals surface area contributed by atoms with Gasteiger partial charge in [-0.1, -0.05) is 12.5 Å². The molecular formula is C13H21NO2S2. The molecule has 1 atom stereocenters. The van der Waals surface area contributed by atoms with Gasteiger partial charge >= 0.3 is 5.97 Å². The number of likely N-dealkylation sites (N-methyl/N-ethyl adjacent to an activating group) is 1. The zero-order valence-corrected chi connectivity index (χ0v) is 12.8. The van der Waals surface area contributed by atoms with Crippen molar-refractivity contribution in [1.82, 2.24) is 5.32 Å². The number of rotatable bonds is 8. The summed E-state index contributed by atoms with van der Waals surface area (Å²) in [6.45, 7) is 1.89. The molecule has 0 bridgehead atoms. The number of hydrogen-bond donors (Lipinski definition) is 1. The van der Waals surface area contributed by atoms with Crippen LogP contribution in [0, 0.1) is 0 Å². The quantitative estimate of drug-likeness (QED) is 0.453. The van der Waals surface area contributed by atoms with Crippen molar-refractivity contribution >= 4 is 29.1 Å². The van der Waals surface area contributed by atoms with Crippen LogP contribution in [0.25, 0.3) is 0 Å². The Bertz CT molecular complexity index is 354. The maximum Gasteiger partial charge on any atom is 0.325 e. The molecule has 5 heteroatoms. The number of carbonyl (C=O) groups excluding carboxylic acids is 1. The molecule has 0 spiro atoms. The Hall–Kier alpha value is -0.520. The van der Waals surface area contributed by atoms with Crippen molar-refractivity contribution in [2.45, 2.75) is 35.9 Å². The molecule has 1 rings (SSSR count). The van der Waals surface area contributed by atoms with Gasteiger partial charge in [0.2, 0.25) is 0 Å². The van der Waals surface area contributed by atoms with Gasteiger partial charge in [-0.3, -0.25) is 4.79 Å². The Labute approximate surface area is 117 Å². The minimum absolute atomic E-state index is 0.184. The summed E-state index contributed by atoms with van der Waals surface area (Å²) >= 11 is 3.66. The normalized spacial score (nSPS) is 14.2. The fourth-order valence-electron chi connectivity index (χ4n) is 1.65. The molecule has 1 aromatic rings. The van der Waals surface area contributed by atoms with Gasteiger partial charge < -0.3 is 10.1 Å². The second-order valence-electron chi connectivity index (χ2n) is 4.31. The van der Waals surface area contributed by atoms with E-state index in [0.717, 1.165) is 25.0 Å². The number of esters is 1. The highest BCUT2D eigenvalue weighted by atomic mass is 32.2. The molecule has 18 heavy (non-hydrogen) atoms. The van der Waals surface area contributed by atoms with Gasteiger partial charge in [-0.05, 0) is 44.0 Å². The highest BCUT2D eigenvalue weighted by Gasteiger charge is 2.31. The summed E-state index contributed by atoms with van der Waals surface area (Å²) < 4.78 is 6.18. The van der Waals surface area contributed by atoms with Crippen LogP contribution in [-0.2, 0) is 9.53 Å². The van der Waals surface area contributed by atoms with Crippen LogP contribution in [0.4, 0.5) is 0 Å². The standard InChI is InChI=1S/C13H21NO2S2/c1-13(14-2,12(15)16-3)8-4-5-9-17-11-7-6-10-18-11/h6-7,10,14H,4-5,8-9H2,1-3H3. The van der Waals surface area contributed by atoms with E-state index in [-0.39, 0.29) is 5.97 Å². The summed E-state index contributed by atoms with van der Waals surface area (Å²) in [5, 5.41) is 5.15. The van der Waals surface area contributed by atoms with Gasteiger partial charge in [0.15, 0.2) is 0 Å². The largest absolute Gasteiger partial charge is 0.468 e. The Morgan fingerprint density at radius 1 is 1.56 bits per heavy atom. The van der Waals surface area contributed by atoms with E-state index in [4.69, 9.17) is 4.74 Å². The zero-order valence-electron chi connectivity index (χ0n) is 11.2. The van der Waals surface area contributed by atoms with E-state index >= 15 is 0 Å². The fourth-order valence-corrected chi connectivity index (χ4v) is 3.52. The van der Waals surface area contributed by atoms with Gasteiger partial charge in [-0.25, -0.2) is 0 Å². The van der Waals surface area contributed by atoms with Crippen molar-refractivity contribution in [3.8, 4) is 0 Å². The van der Waals surface area contributed by atoms with Crippen LogP contribution < -0.4 is 5.32 Å². The van der Waals surface area contributed by atoms with E-state index in [1.165, 1.54) is 11.3 Å². The van der Waals surface area contributed by atoms with E-state index in [1.807, 2.05) is 18.7 Å². The van der Waals surface area contributed by atoms with Crippen LogP contribution in [-0.4, -0.2) is 31.4 Å². The molecule has 0 radical (unpaired) electrons. The van der Waals surface area contributed by atoms with Crippen LogP contribution >= 0.6 is 23.1 Å². The molecule has 3 nitrogen and oxygen atoms in total. The molecular weight excluding hydrogens is 266 g/mol. The van der Waals surface area contributed by atoms with Crippen molar-refractivity contribution in [1.29, 1.82) is 0 Å². The minimum atomic E-state index is -0.553. The number of ether oxygens (including phenoxy) is 1. The summed E-state index contributed by atoms with van der Waals surface area (Å²) in [5.41, 5.74) is -0.553. The van der Waals surface area contributed by atoms with Crippen LogP contribution in [0.2, 0.25) is 0 Å². The van der Waals surface area contributed by atoms with E-state index in [1.54, 1.807) is 18.4 Å². The Kier molecular flexibility index (Phi) is 6.75. The molecule has 0 aliphatic carbocycles. The summed E-state index contributed by atoms with van der Waals surface area (Å²) in [4.78, 5) is 11.6. The minimum Gasteiger partial charge on any atom is -0.468 e. The summed E-state index contributed by atoms with van der Waals surface area (Å²) in [7, 11) is 3.24. The zero-order chi connectivity index (χ0) is 13.4. The fraction of sp³-hybridized carbons (Fsp3) is 0.615. The molecule has 1 heterocycles. The molecule has 1 aromatic heterocycles. The molecule has 0 saturated heterocycles. The molecule has 0 aliphatic rings. The Morgan fingerprint density at radius 2 is 2.33 bits per heavy atom. The van der Waals surface area contributed by atoms with Crippen molar-refractivity contribution in [3.63, 3.8) is 0 Å². The van der Waals surface area contributed by atoms with Gasteiger partial charge in [-0.2, -0.15) is 0 Å². The van der Waals surface area contributed by atoms with E-state index in [0.29, 0.717) is 0 Å². The molecule has 0 aliphatic heterocycles. The summed E-state index contributed by atoms with van der Waals surface area (Å²) in [6, 6.07) is 4.21. The van der Waals surface area contributed by atoms with Crippen molar-refractivity contribution in [3.05, 3.63) is 17.5 Å². The smallest absolute Gasteiger partial charge is 0.325 e. The lowest BCUT2D eigenvalue weighted by atomic mass is 9.95. The highest BCUT2D eigenvalue weighted by molar-refractivity contribution is 8.01. The average molecular weight is 287 g/mol. The van der Waals surface area contributed by atoms with Crippen molar-refractivity contribution in [2.24, 2.45) is 0 Å². The number of thioether (sulfide) groups is 1. The third kappa shape index (κ3) is 4.63. The number of thiophene rings is 1. The number of nitrogens with one attached hydrogen (secondary N) is 1. The average Bonchev–Trinajstić information content (AvgIpc) is 2.90. The molecule has 1 N–H and O–H groups in total. The number of methoxy groups -OCH3 is 1. The second-order valence-corrected chi connectivity index (χ2v) is 6.65. The van der Waals surface area contributed by atoms with E-state index in [9.17, 15) is 4.79 Å². The van der Waals surface area contributed by atoms with Gasteiger partial charge in [0.1, 0.15) is 5.54 Å². The van der Waals surface area contributed by atoms with Crippen molar-refractivity contribution < 1.29 is 9.53 Å². The molecule has 1 unspecified atom stereocenters. The number of carbonyl (C=O) groups is 1. The van der Waals surface area contributed by atoms with Crippen LogP contribution in [0.3, 0.4) is 0 Å². The molecule has 0 saturated carbocycles. The van der Waals surface area contributed by atoms with Gasteiger partial charge in [0, 0.05) is 0 Å². The lowest BCUT2D eigenvalue weighted by Crippen LogP contribution is -2.48. The third-order valence-corrected chi connectivity index (χ3v) is 5.22. The van der Waals surface area contributed by atoms with Gasteiger partial charge in [0.25, 0.3) is 0 Å². The first-order chi connectivity index (χ1) is 8.62. The molecule has 0 fully saturated rings. The highest BCUT2D eigenvalue weighted by Crippen LogP contribution is 2.25. The summed E-state index contributed by atoms with van der Waals surface area (Å²) in [5.74, 6) is 0.914. The lowest BCUT2D eigenvalue weighted by Gasteiger charge is -2.25. The first-order valence-corrected chi connectivity index (χ1v) is 7.92. The second kappa shape index (κ2) is 7.81. The number of hydrogen-bond acceptors (Lipinski definition) is 5. The Balaban J connectivity index is 2.21. The third-order valence-electron chi connectivity index (χ3n) is 3.00. The molecule has 0 aromatic carbocycles. The van der Waals surface area contributed by atoms with Gasteiger partial charge in [-0.15, -0.1) is 23.1 Å². The predicted molar refractivity (Wildman–Crippen MR) is 78.4 cm³/mol. The van der Waals surface area contributed by atoms with Crippen LogP contribution in [0.15, 0.2) is 21.7 Å². The first kappa shape index (κ1) is 15.5. The van der Waals surface area contributed by atoms with Crippen LogP contribution in [0.5, 0.6) is 0 Å². The topological polar surface area (TPSA) is 38.3 Å². The lowest BCUT2D eigenvalue weighted by molar-refractivity contribution is -0.148. The van der Waals surface area contributed by atoms with Gasteiger partial charge in [0.05, 0.1) is 11.3 Å². The Morgan fingerprint density at radius 3 is 2.89 bits per heavy atom. The van der Waals surface area contributed by atoms with E-state index in [2.05, 4.69) is 22.8 Å². The monoisotopic (exact) mass is 287 g/mol. The van der Waals surface area contributed by atoms with Crippen LogP contribution in [0.1, 0.15) is 26.2 Å². The maximum atomic E-state index is 11.6. The SMILES string of the molecule is CNC(C)(CCCCSc1cccs1)C(=O)OC. The van der Waals surface area contributed by atoms with E-state index < -0.39 is 5.54 Å². The van der Waals surface area contributed by atoms with Crippen molar-refractivity contribution in [2.75, 3.05) is 19.9 Å². The molecule has 0 amide bonds. The summed E-state index contributed by atoms with van der Waals surface area (Å²) in [6.07, 6.45) is 2.93. The first-order valence-electron chi connectivity index (χ1n) is 6.06. The predicted octanol–water partition coefficient (Wildman–Crippen LogP) is 3.16. The maximum absolute atomic E-state index is 11.6. The molecule has 102 valence electrons. The number of unbranched alkanes of at least 4 members (excludes halogenated alkanes) is 1.